The summed E-state index contributed by atoms with van der Waals surface area (Å²) in [4.78, 5) is 10.7. The highest BCUT2D eigenvalue weighted by Gasteiger charge is 2.34. The minimum atomic E-state index is -3.85. The van der Waals surface area contributed by atoms with Crippen molar-refractivity contribution in [1.82, 2.24) is 4.72 Å². The number of aryl methyl sites for hydroxylation is 1. The van der Waals surface area contributed by atoms with E-state index in [1.165, 1.54) is 6.92 Å². The molecule has 2 rings (SSSR count). The molecule has 1 aromatic rings. The van der Waals surface area contributed by atoms with E-state index in [1.54, 1.807) is 6.92 Å². The van der Waals surface area contributed by atoms with Crippen molar-refractivity contribution in [2.45, 2.75) is 37.1 Å². The third-order valence-corrected chi connectivity index (χ3v) is 4.94. The normalized spacial score (nSPS) is 23.7. The molecule has 8 heteroatoms. The molecular weight excluding hydrogens is 286 g/mol. The lowest BCUT2D eigenvalue weighted by molar-refractivity contribution is 0.0386. The topological polar surface area (TPSA) is 106 Å². The van der Waals surface area contributed by atoms with E-state index in [9.17, 15) is 13.2 Å². The van der Waals surface area contributed by atoms with Crippen LogP contribution in [-0.2, 0) is 14.8 Å². The highest BCUT2D eigenvalue weighted by atomic mass is 32.2. The van der Waals surface area contributed by atoms with Gasteiger partial charge in [0, 0.05) is 12.7 Å². The summed E-state index contributed by atoms with van der Waals surface area (Å²) < 4.78 is 37.5. The summed E-state index contributed by atoms with van der Waals surface area (Å²) in [6, 6.07) is 1.02. The van der Waals surface area contributed by atoms with Gasteiger partial charge in [0.05, 0.1) is 12.1 Å². The van der Waals surface area contributed by atoms with Crippen molar-refractivity contribution in [1.29, 1.82) is 0 Å². The van der Waals surface area contributed by atoms with Gasteiger partial charge in [-0.2, -0.15) is 0 Å². The van der Waals surface area contributed by atoms with Crippen LogP contribution >= 0.6 is 0 Å². The van der Waals surface area contributed by atoms with Crippen molar-refractivity contribution in [3.05, 3.63) is 17.6 Å². The Labute approximate surface area is 117 Å². The molecule has 0 saturated carbocycles. The van der Waals surface area contributed by atoms with Crippen LogP contribution in [0.3, 0.4) is 0 Å². The zero-order valence-corrected chi connectivity index (χ0v) is 12.1. The molecule has 2 N–H and O–H groups in total. The summed E-state index contributed by atoms with van der Waals surface area (Å²) in [5, 5.41) is 8.83. The molecule has 20 heavy (non-hydrogen) atoms. The molecule has 2 heterocycles. The molecule has 1 aliphatic rings. The van der Waals surface area contributed by atoms with Gasteiger partial charge in [-0.05, 0) is 26.7 Å². The second kappa shape index (κ2) is 5.19. The number of sulfonamides is 1. The number of carbonyl (C=O) groups is 1. The molecule has 7 nitrogen and oxygen atoms in total. The lowest BCUT2D eigenvalue weighted by Gasteiger charge is -2.33. The van der Waals surface area contributed by atoms with Crippen LogP contribution in [0.1, 0.15) is 36.1 Å². The van der Waals surface area contributed by atoms with Crippen molar-refractivity contribution in [2.75, 3.05) is 13.2 Å². The van der Waals surface area contributed by atoms with Crippen LogP contribution in [0.4, 0.5) is 0 Å². The van der Waals surface area contributed by atoms with Gasteiger partial charge < -0.3 is 14.3 Å². The number of furan rings is 1. The molecule has 1 aromatic heterocycles. The Morgan fingerprint density at radius 1 is 1.50 bits per heavy atom. The van der Waals surface area contributed by atoms with Gasteiger partial charge in [0.15, 0.2) is 0 Å². The minimum Gasteiger partial charge on any atom is -0.475 e. The van der Waals surface area contributed by atoms with Crippen LogP contribution in [0, 0.1) is 6.92 Å². The lowest BCUT2D eigenvalue weighted by Crippen LogP contribution is -2.51. The molecule has 0 bridgehead atoms. The number of rotatable bonds is 4. The van der Waals surface area contributed by atoms with Gasteiger partial charge in [0.25, 0.3) is 0 Å². The van der Waals surface area contributed by atoms with Gasteiger partial charge in [-0.3, -0.25) is 0 Å². The predicted octanol–water partition coefficient (Wildman–Crippen LogP) is 1.13. The fraction of sp³-hybridized carbons (Fsp3) is 0.583. The highest BCUT2D eigenvalue weighted by Crippen LogP contribution is 2.25. The quantitative estimate of drug-likeness (QED) is 0.863. The molecule has 0 aliphatic carbocycles. The maximum absolute atomic E-state index is 12.3. The van der Waals surface area contributed by atoms with E-state index in [4.69, 9.17) is 14.3 Å². The van der Waals surface area contributed by atoms with E-state index in [1.807, 2.05) is 0 Å². The molecule has 1 aliphatic heterocycles. The standard InChI is InChI=1S/C12H17NO6S/c1-8-10(6-9(19-8)11(14)15)20(16,17)13-12(2)4-3-5-18-7-12/h6,13H,3-5,7H2,1-2H3,(H,14,15). The van der Waals surface area contributed by atoms with Crippen molar-refractivity contribution in [3.8, 4) is 0 Å². The van der Waals surface area contributed by atoms with E-state index in [-0.39, 0.29) is 17.3 Å². The number of carboxylic acids is 1. The van der Waals surface area contributed by atoms with Crippen molar-refractivity contribution in [3.63, 3.8) is 0 Å². The average molecular weight is 303 g/mol. The monoisotopic (exact) mass is 303 g/mol. The third kappa shape index (κ3) is 3.02. The molecule has 0 amide bonds. The van der Waals surface area contributed by atoms with Crippen molar-refractivity contribution < 1.29 is 27.5 Å². The van der Waals surface area contributed by atoms with E-state index in [2.05, 4.69) is 4.72 Å². The number of hydrogen-bond donors (Lipinski definition) is 2. The Kier molecular flexibility index (Phi) is 3.90. The first-order valence-corrected chi connectivity index (χ1v) is 7.67. The average Bonchev–Trinajstić information content (AvgIpc) is 2.72. The number of ether oxygens (including phenoxy) is 1. The Morgan fingerprint density at radius 3 is 2.70 bits per heavy atom. The Balaban J connectivity index is 2.28. The fourth-order valence-electron chi connectivity index (χ4n) is 2.23. The molecule has 1 atom stereocenters. The van der Waals surface area contributed by atoms with E-state index >= 15 is 0 Å². The van der Waals surface area contributed by atoms with Crippen LogP contribution in [0.5, 0.6) is 0 Å². The highest BCUT2D eigenvalue weighted by molar-refractivity contribution is 7.89. The minimum absolute atomic E-state index is 0.0511. The maximum Gasteiger partial charge on any atom is 0.371 e. The summed E-state index contributed by atoms with van der Waals surface area (Å²) in [6.45, 7) is 4.08. The van der Waals surface area contributed by atoms with E-state index < -0.39 is 27.3 Å². The second-order valence-corrected chi connectivity index (χ2v) is 6.81. The van der Waals surface area contributed by atoms with Crippen LogP contribution in [0.25, 0.3) is 0 Å². The van der Waals surface area contributed by atoms with Crippen LogP contribution in [0.15, 0.2) is 15.4 Å². The fourth-order valence-corrected chi connectivity index (χ4v) is 3.83. The zero-order chi connectivity index (χ0) is 15.0. The van der Waals surface area contributed by atoms with Gasteiger partial charge in [-0.25, -0.2) is 17.9 Å². The molecule has 112 valence electrons. The van der Waals surface area contributed by atoms with Crippen LogP contribution < -0.4 is 4.72 Å². The lowest BCUT2D eigenvalue weighted by atomic mass is 9.97. The molecule has 0 radical (unpaired) electrons. The summed E-state index contributed by atoms with van der Waals surface area (Å²) >= 11 is 0. The van der Waals surface area contributed by atoms with Crippen LogP contribution in [-0.4, -0.2) is 38.2 Å². The summed E-state index contributed by atoms with van der Waals surface area (Å²) in [5.41, 5.74) is -0.690. The number of aromatic carboxylic acids is 1. The first kappa shape index (κ1) is 15.0. The molecule has 0 aromatic carbocycles. The molecular formula is C12H17NO6S. The van der Waals surface area contributed by atoms with Gasteiger partial charge >= 0.3 is 5.97 Å². The molecule has 1 saturated heterocycles. The Morgan fingerprint density at radius 2 is 2.20 bits per heavy atom. The third-order valence-electron chi connectivity index (χ3n) is 3.19. The first-order chi connectivity index (χ1) is 9.23. The maximum atomic E-state index is 12.3. The Hall–Kier alpha value is -1.38. The van der Waals surface area contributed by atoms with E-state index in [0.717, 1.165) is 12.5 Å². The van der Waals surface area contributed by atoms with Gasteiger partial charge in [-0.1, -0.05) is 0 Å². The van der Waals surface area contributed by atoms with Crippen molar-refractivity contribution in [2.24, 2.45) is 0 Å². The SMILES string of the molecule is Cc1oc(C(=O)O)cc1S(=O)(=O)NC1(C)CCCOC1. The molecule has 1 unspecified atom stereocenters. The zero-order valence-electron chi connectivity index (χ0n) is 11.3. The summed E-state index contributed by atoms with van der Waals surface area (Å²) in [7, 11) is -3.85. The first-order valence-electron chi connectivity index (χ1n) is 6.19. The van der Waals surface area contributed by atoms with Gasteiger partial charge in [0.2, 0.25) is 15.8 Å². The second-order valence-electron chi connectivity index (χ2n) is 5.16. The molecule has 1 fully saturated rings. The number of carboxylic acid groups (broad SMARTS) is 1. The van der Waals surface area contributed by atoms with E-state index in [0.29, 0.717) is 13.0 Å². The smallest absolute Gasteiger partial charge is 0.371 e. The number of nitrogens with one attached hydrogen (secondary N) is 1. The Bertz CT molecular complexity index is 612. The number of hydrogen-bond acceptors (Lipinski definition) is 5. The van der Waals surface area contributed by atoms with Crippen molar-refractivity contribution >= 4 is 16.0 Å². The summed E-state index contributed by atoms with van der Waals surface area (Å²) in [6.07, 6.45) is 1.43. The molecule has 0 spiro atoms. The van der Waals surface area contributed by atoms with Crippen LogP contribution in [0.2, 0.25) is 0 Å². The van der Waals surface area contributed by atoms with Gasteiger partial charge in [-0.15, -0.1) is 0 Å². The largest absolute Gasteiger partial charge is 0.475 e. The predicted molar refractivity (Wildman–Crippen MR) is 69.2 cm³/mol. The summed E-state index contributed by atoms with van der Waals surface area (Å²) in [5.74, 6) is -1.65. The van der Waals surface area contributed by atoms with Gasteiger partial charge in [0.1, 0.15) is 10.7 Å².